The predicted octanol–water partition coefficient (Wildman–Crippen LogP) is 0.373. The van der Waals surface area contributed by atoms with E-state index in [9.17, 15) is 14.4 Å². The van der Waals surface area contributed by atoms with Crippen molar-refractivity contribution in [3.8, 4) is 0 Å². The van der Waals surface area contributed by atoms with E-state index in [1.54, 1.807) is 39.8 Å². The number of likely N-dealkylation sites (N-methyl/N-ethyl adjacent to an activating group) is 1. The summed E-state index contributed by atoms with van der Waals surface area (Å²) in [6.07, 6.45) is 0.825. The zero-order valence-corrected chi connectivity index (χ0v) is 13.4. The fourth-order valence-electron chi connectivity index (χ4n) is 1.51. The lowest BCUT2D eigenvalue weighted by atomic mass is 10.1. The third-order valence-corrected chi connectivity index (χ3v) is 2.33. The molecule has 120 valence electrons. The second-order valence-electron chi connectivity index (χ2n) is 6.04. The first-order chi connectivity index (χ1) is 9.55. The SMILES string of the molecule is CN(C)CC(=O)N[C@@H](CCC(=O)C=N)C(=O)OC(C)(C)C. The van der Waals surface area contributed by atoms with Gasteiger partial charge in [-0.15, -0.1) is 0 Å². The van der Waals surface area contributed by atoms with Crippen LogP contribution in [0.2, 0.25) is 0 Å². The van der Waals surface area contributed by atoms with Crippen molar-refractivity contribution < 1.29 is 19.1 Å². The predicted molar refractivity (Wildman–Crippen MR) is 79.4 cm³/mol. The van der Waals surface area contributed by atoms with Gasteiger partial charge in [0.2, 0.25) is 5.91 Å². The van der Waals surface area contributed by atoms with Crippen LogP contribution in [0.4, 0.5) is 0 Å². The number of rotatable bonds is 8. The van der Waals surface area contributed by atoms with Gasteiger partial charge in [-0.25, -0.2) is 4.79 Å². The van der Waals surface area contributed by atoms with Crippen molar-refractivity contribution in [3.63, 3.8) is 0 Å². The quantitative estimate of drug-likeness (QED) is 0.498. The van der Waals surface area contributed by atoms with Gasteiger partial charge in [0, 0.05) is 6.42 Å². The topological polar surface area (TPSA) is 99.6 Å². The largest absolute Gasteiger partial charge is 0.458 e. The van der Waals surface area contributed by atoms with Gasteiger partial charge in [-0.3, -0.25) is 9.59 Å². The number of ether oxygens (including phenoxy) is 1. The van der Waals surface area contributed by atoms with E-state index in [-0.39, 0.29) is 25.3 Å². The molecule has 0 radical (unpaired) electrons. The highest BCUT2D eigenvalue weighted by atomic mass is 16.6. The van der Waals surface area contributed by atoms with Crippen molar-refractivity contribution in [2.24, 2.45) is 0 Å². The molecule has 21 heavy (non-hydrogen) atoms. The van der Waals surface area contributed by atoms with Gasteiger partial charge >= 0.3 is 5.97 Å². The average molecular weight is 299 g/mol. The normalized spacial score (nSPS) is 12.7. The minimum absolute atomic E-state index is 0.00958. The second-order valence-corrected chi connectivity index (χ2v) is 6.04. The number of carbonyl (C=O) groups is 3. The molecule has 2 N–H and O–H groups in total. The molecule has 7 heteroatoms. The van der Waals surface area contributed by atoms with Crippen molar-refractivity contribution in [2.45, 2.75) is 45.3 Å². The molecule has 1 atom stereocenters. The number of amides is 1. The molecule has 0 heterocycles. The van der Waals surface area contributed by atoms with Gasteiger partial charge in [-0.05, 0) is 41.3 Å². The van der Waals surface area contributed by atoms with Crippen molar-refractivity contribution in [1.29, 1.82) is 5.41 Å². The summed E-state index contributed by atoms with van der Waals surface area (Å²) >= 11 is 0. The fourth-order valence-corrected chi connectivity index (χ4v) is 1.51. The van der Waals surface area contributed by atoms with E-state index >= 15 is 0 Å². The van der Waals surface area contributed by atoms with E-state index in [0.717, 1.165) is 0 Å². The summed E-state index contributed by atoms with van der Waals surface area (Å²) in [5, 5.41) is 9.42. The Morgan fingerprint density at radius 3 is 2.29 bits per heavy atom. The first kappa shape index (κ1) is 19.2. The van der Waals surface area contributed by atoms with Crippen LogP contribution >= 0.6 is 0 Å². The van der Waals surface area contributed by atoms with E-state index < -0.39 is 23.4 Å². The van der Waals surface area contributed by atoms with Gasteiger partial charge < -0.3 is 20.4 Å². The molecule has 0 aromatic carbocycles. The molecule has 0 aliphatic heterocycles. The number of hydrogen-bond donors (Lipinski definition) is 2. The first-order valence-corrected chi connectivity index (χ1v) is 6.75. The standard InChI is InChI=1S/C14H25N3O4/c1-14(2,3)21-13(20)11(7-6-10(18)8-15)16-12(19)9-17(4)5/h8,11,15H,6-7,9H2,1-5H3,(H,16,19)/t11-/m0/s1. The third kappa shape index (κ3) is 9.73. The molecular weight excluding hydrogens is 274 g/mol. The van der Waals surface area contributed by atoms with Crippen LogP contribution in [0.1, 0.15) is 33.6 Å². The molecule has 0 rings (SSSR count). The van der Waals surface area contributed by atoms with E-state index in [2.05, 4.69) is 5.32 Å². The number of nitrogens with zero attached hydrogens (tertiary/aromatic N) is 1. The highest BCUT2D eigenvalue weighted by Gasteiger charge is 2.27. The van der Waals surface area contributed by atoms with Crippen molar-refractivity contribution in [3.05, 3.63) is 0 Å². The Hall–Kier alpha value is -1.76. The molecule has 0 fully saturated rings. The molecule has 1 amide bonds. The Morgan fingerprint density at radius 2 is 1.86 bits per heavy atom. The maximum Gasteiger partial charge on any atom is 0.329 e. The van der Waals surface area contributed by atoms with Gasteiger partial charge in [0.1, 0.15) is 11.6 Å². The lowest BCUT2D eigenvalue weighted by Gasteiger charge is -2.24. The highest BCUT2D eigenvalue weighted by molar-refractivity contribution is 6.26. The minimum atomic E-state index is -0.888. The summed E-state index contributed by atoms with van der Waals surface area (Å²) in [6, 6.07) is -0.888. The number of esters is 1. The Bertz CT molecular complexity index is 400. The minimum Gasteiger partial charge on any atom is -0.458 e. The van der Waals surface area contributed by atoms with Gasteiger partial charge in [0.15, 0.2) is 5.78 Å². The van der Waals surface area contributed by atoms with Crippen molar-refractivity contribution in [1.82, 2.24) is 10.2 Å². The monoisotopic (exact) mass is 299 g/mol. The lowest BCUT2D eigenvalue weighted by Crippen LogP contribution is -2.47. The summed E-state index contributed by atoms with van der Waals surface area (Å²) in [6.45, 7) is 5.32. The molecule has 0 aliphatic rings. The molecule has 0 aromatic heterocycles. The first-order valence-electron chi connectivity index (χ1n) is 6.75. The van der Waals surface area contributed by atoms with E-state index in [0.29, 0.717) is 6.21 Å². The van der Waals surface area contributed by atoms with Gasteiger partial charge in [-0.2, -0.15) is 0 Å². The highest BCUT2D eigenvalue weighted by Crippen LogP contribution is 2.11. The molecule has 0 aliphatic carbocycles. The molecule has 0 spiro atoms. The summed E-state index contributed by atoms with van der Waals surface area (Å²) < 4.78 is 5.24. The smallest absolute Gasteiger partial charge is 0.329 e. The van der Waals surface area contributed by atoms with Crippen molar-refractivity contribution in [2.75, 3.05) is 20.6 Å². The zero-order chi connectivity index (χ0) is 16.6. The Balaban J connectivity index is 4.75. The molecule has 0 bridgehead atoms. The van der Waals surface area contributed by atoms with Crippen LogP contribution in [-0.2, 0) is 19.1 Å². The number of ketones is 1. The Kier molecular flexibility index (Phi) is 7.80. The number of carbonyl (C=O) groups excluding carboxylic acids is 3. The van der Waals surface area contributed by atoms with Crippen LogP contribution in [0.15, 0.2) is 0 Å². The van der Waals surface area contributed by atoms with Gasteiger partial charge in [0.25, 0.3) is 0 Å². The molecule has 7 nitrogen and oxygen atoms in total. The number of hydrogen-bond acceptors (Lipinski definition) is 6. The Labute approximate surface area is 125 Å². The summed E-state index contributed by atoms with van der Waals surface area (Å²) in [7, 11) is 3.47. The molecule has 0 unspecified atom stereocenters. The van der Waals surface area contributed by atoms with E-state index in [4.69, 9.17) is 10.1 Å². The maximum atomic E-state index is 12.1. The maximum absolute atomic E-state index is 12.1. The molecular formula is C14H25N3O4. The summed E-state index contributed by atoms with van der Waals surface area (Å²) in [5.41, 5.74) is -0.673. The summed E-state index contributed by atoms with van der Waals surface area (Å²) in [4.78, 5) is 36.7. The fraction of sp³-hybridized carbons (Fsp3) is 0.714. The van der Waals surface area contributed by atoms with Crippen LogP contribution in [0.5, 0.6) is 0 Å². The van der Waals surface area contributed by atoms with Crippen LogP contribution in [0.25, 0.3) is 0 Å². The summed E-state index contributed by atoms with van der Waals surface area (Å²) in [5.74, 6) is -1.30. The number of Topliss-reactive ketones (excluding diaryl/α,β-unsaturated/α-hetero) is 1. The Morgan fingerprint density at radius 1 is 1.29 bits per heavy atom. The van der Waals surface area contributed by atoms with Gasteiger partial charge in [0.05, 0.1) is 12.8 Å². The average Bonchev–Trinajstić information content (AvgIpc) is 2.30. The van der Waals surface area contributed by atoms with Crippen LogP contribution in [0.3, 0.4) is 0 Å². The van der Waals surface area contributed by atoms with E-state index in [1.807, 2.05) is 0 Å². The van der Waals surface area contributed by atoms with Crippen molar-refractivity contribution >= 4 is 23.9 Å². The second kappa shape index (κ2) is 8.51. The molecule has 0 saturated heterocycles. The van der Waals surface area contributed by atoms with Crippen LogP contribution in [0, 0.1) is 5.41 Å². The number of nitrogens with one attached hydrogen (secondary N) is 2. The zero-order valence-electron chi connectivity index (χ0n) is 13.4. The molecule has 0 aromatic rings. The van der Waals surface area contributed by atoms with Gasteiger partial charge in [-0.1, -0.05) is 0 Å². The van der Waals surface area contributed by atoms with Crippen LogP contribution < -0.4 is 5.32 Å². The molecule has 0 saturated carbocycles. The third-order valence-electron chi connectivity index (χ3n) is 2.33. The lowest BCUT2D eigenvalue weighted by molar-refractivity contribution is -0.158. The van der Waals surface area contributed by atoms with Crippen LogP contribution in [-0.4, -0.2) is 61.1 Å². The van der Waals surface area contributed by atoms with E-state index in [1.165, 1.54) is 0 Å².